The number of methoxy groups -OCH3 is 1. The normalized spacial score (nSPS) is 18.0. The van der Waals surface area contributed by atoms with Crippen molar-refractivity contribution < 1.29 is 9.47 Å². The molecule has 0 aliphatic carbocycles. The maximum atomic E-state index is 5.63. The number of likely N-dealkylation sites (N-methyl/N-ethyl adjacent to an activating group) is 1. The van der Waals surface area contributed by atoms with Gasteiger partial charge in [-0.15, -0.1) is 11.3 Å². The smallest absolute Gasteiger partial charge is 0.162 e. The molecular formula is C26H34N8O2S. The second-order valence-electron chi connectivity index (χ2n) is 9.64. The number of nitrogens with zero attached hydrogens (tertiary/aromatic N) is 7. The lowest BCUT2D eigenvalue weighted by molar-refractivity contribution is -0.0498. The van der Waals surface area contributed by atoms with Crippen molar-refractivity contribution in [1.29, 1.82) is 0 Å². The molecule has 2 aliphatic heterocycles. The van der Waals surface area contributed by atoms with Crippen LogP contribution in [0.3, 0.4) is 0 Å². The third kappa shape index (κ3) is 5.20. The number of hydrazine groups is 1. The minimum absolute atomic E-state index is 0.722. The molecule has 0 amide bonds. The molecule has 0 bridgehead atoms. The Balaban J connectivity index is 1.27. The van der Waals surface area contributed by atoms with Gasteiger partial charge < -0.3 is 14.4 Å². The van der Waals surface area contributed by atoms with Crippen molar-refractivity contribution in [3.8, 4) is 11.4 Å². The van der Waals surface area contributed by atoms with Gasteiger partial charge in [0.25, 0.3) is 0 Å². The molecule has 6 rings (SSSR count). The summed E-state index contributed by atoms with van der Waals surface area (Å²) in [6, 6.07) is 8.41. The van der Waals surface area contributed by atoms with Gasteiger partial charge in [-0.05, 0) is 12.1 Å². The highest BCUT2D eigenvalue weighted by molar-refractivity contribution is 7.19. The quantitative estimate of drug-likeness (QED) is 0.375. The Hall–Kier alpha value is -2.67. The molecule has 11 heteroatoms. The van der Waals surface area contributed by atoms with Crippen LogP contribution < -0.4 is 4.90 Å². The van der Waals surface area contributed by atoms with Gasteiger partial charge in [-0.2, -0.15) is 5.10 Å². The van der Waals surface area contributed by atoms with E-state index in [4.69, 9.17) is 19.4 Å². The van der Waals surface area contributed by atoms with Crippen LogP contribution in [0.15, 0.2) is 30.5 Å². The van der Waals surface area contributed by atoms with Crippen molar-refractivity contribution in [1.82, 2.24) is 35.1 Å². The zero-order chi connectivity index (χ0) is 25.2. The number of morpholine rings is 1. The van der Waals surface area contributed by atoms with Gasteiger partial charge in [0.1, 0.15) is 0 Å². The van der Waals surface area contributed by atoms with Crippen molar-refractivity contribution in [2.75, 3.05) is 84.7 Å². The first-order chi connectivity index (χ1) is 18.2. The second-order valence-corrected chi connectivity index (χ2v) is 10.8. The van der Waals surface area contributed by atoms with Crippen LogP contribution in [0.4, 0.5) is 5.82 Å². The van der Waals surface area contributed by atoms with E-state index in [-0.39, 0.29) is 0 Å². The molecular weight excluding hydrogens is 488 g/mol. The van der Waals surface area contributed by atoms with Crippen LogP contribution >= 0.6 is 11.3 Å². The van der Waals surface area contributed by atoms with Gasteiger partial charge in [0, 0.05) is 82.3 Å². The number of hydrogen-bond acceptors (Lipinski definition) is 10. The highest BCUT2D eigenvalue weighted by Crippen LogP contribution is 2.36. The Morgan fingerprint density at radius 2 is 1.95 bits per heavy atom. The second kappa shape index (κ2) is 11.0. The summed E-state index contributed by atoms with van der Waals surface area (Å²) in [6.07, 6.45) is 1.86. The molecule has 5 heterocycles. The number of fused-ring (bicyclic) bond motifs is 2. The predicted molar refractivity (Wildman–Crippen MR) is 147 cm³/mol. The predicted octanol–water partition coefficient (Wildman–Crippen LogP) is 2.68. The fraction of sp³-hybridized carbons (Fsp3) is 0.500. The number of rotatable bonds is 8. The van der Waals surface area contributed by atoms with Crippen LogP contribution in [0.25, 0.3) is 32.5 Å². The van der Waals surface area contributed by atoms with Crippen LogP contribution in [0.2, 0.25) is 0 Å². The number of hydrogen-bond donors (Lipinski definition) is 1. The van der Waals surface area contributed by atoms with E-state index in [1.807, 2.05) is 29.7 Å². The van der Waals surface area contributed by atoms with E-state index in [0.717, 1.165) is 111 Å². The SMILES string of the molecule is COCCN(C)N1CCN(Cc2cc3nc(-c4cccc5[nH]ncc45)nc(N4CCOCC4)c3s2)CC1. The Kier molecular flexibility index (Phi) is 7.32. The highest BCUT2D eigenvalue weighted by atomic mass is 32.1. The summed E-state index contributed by atoms with van der Waals surface area (Å²) in [7, 11) is 3.90. The lowest BCUT2D eigenvalue weighted by Crippen LogP contribution is -2.52. The molecule has 196 valence electrons. The summed E-state index contributed by atoms with van der Waals surface area (Å²) >= 11 is 1.83. The number of ether oxygens (including phenoxy) is 2. The molecule has 10 nitrogen and oxygen atoms in total. The van der Waals surface area contributed by atoms with Crippen molar-refractivity contribution in [2.24, 2.45) is 0 Å². The van der Waals surface area contributed by atoms with Crippen LogP contribution in [0.1, 0.15) is 4.88 Å². The van der Waals surface area contributed by atoms with Gasteiger partial charge in [-0.1, -0.05) is 12.1 Å². The molecule has 0 unspecified atom stereocenters. The molecule has 3 aromatic heterocycles. The average molecular weight is 523 g/mol. The Bertz CT molecular complexity index is 1340. The molecule has 0 spiro atoms. The number of aromatic nitrogens is 4. The number of anilines is 1. The Morgan fingerprint density at radius 1 is 1.11 bits per heavy atom. The first-order valence-corrected chi connectivity index (χ1v) is 13.7. The maximum Gasteiger partial charge on any atom is 0.162 e. The number of piperazine rings is 1. The molecule has 0 radical (unpaired) electrons. The van der Waals surface area contributed by atoms with Crippen LogP contribution in [0, 0.1) is 0 Å². The fourth-order valence-corrected chi connectivity index (χ4v) is 6.29. The van der Waals surface area contributed by atoms with E-state index in [1.165, 1.54) is 4.88 Å². The third-order valence-electron chi connectivity index (χ3n) is 7.27. The van der Waals surface area contributed by atoms with Gasteiger partial charge in [-0.3, -0.25) is 10.00 Å². The highest BCUT2D eigenvalue weighted by Gasteiger charge is 2.23. The van der Waals surface area contributed by atoms with Gasteiger partial charge in [0.2, 0.25) is 0 Å². The van der Waals surface area contributed by atoms with E-state index in [9.17, 15) is 0 Å². The van der Waals surface area contributed by atoms with E-state index >= 15 is 0 Å². The molecule has 1 aromatic carbocycles. The van der Waals surface area contributed by atoms with Crippen LogP contribution in [-0.4, -0.2) is 115 Å². The summed E-state index contributed by atoms with van der Waals surface area (Å²) in [6.45, 7) is 9.88. The van der Waals surface area contributed by atoms with E-state index in [2.05, 4.69) is 49.2 Å². The molecule has 4 aromatic rings. The van der Waals surface area contributed by atoms with Crippen LogP contribution in [-0.2, 0) is 16.0 Å². The van der Waals surface area contributed by atoms with Crippen molar-refractivity contribution in [3.63, 3.8) is 0 Å². The minimum Gasteiger partial charge on any atom is -0.383 e. The molecule has 0 atom stereocenters. The van der Waals surface area contributed by atoms with Gasteiger partial charge in [0.05, 0.1) is 41.8 Å². The third-order valence-corrected chi connectivity index (χ3v) is 8.38. The number of H-pyrrole nitrogens is 1. The Labute approximate surface area is 220 Å². The van der Waals surface area contributed by atoms with E-state index in [1.54, 1.807) is 7.11 Å². The zero-order valence-electron chi connectivity index (χ0n) is 21.5. The summed E-state index contributed by atoms with van der Waals surface area (Å²) in [5.74, 6) is 1.77. The van der Waals surface area contributed by atoms with Gasteiger partial charge in [-0.25, -0.2) is 20.0 Å². The molecule has 0 saturated carbocycles. The number of thiophene rings is 1. The standard InChI is InChI=1S/C26H34N8O2S/c1-31(10-13-35-2)34-8-6-32(7-9-34)18-19-16-23-24(37-19)26(33-11-14-36-15-12-33)29-25(28-23)20-4-3-5-22-21(20)17-27-30-22/h3-5,16-17H,6-15,18H2,1-2H3,(H,27,30). The van der Waals surface area contributed by atoms with Crippen molar-refractivity contribution in [2.45, 2.75) is 6.54 Å². The average Bonchev–Trinajstić information content (AvgIpc) is 3.58. The topological polar surface area (TPSA) is 85.9 Å². The zero-order valence-corrected chi connectivity index (χ0v) is 22.3. The first kappa shape index (κ1) is 24.7. The molecule has 37 heavy (non-hydrogen) atoms. The largest absolute Gasteiger partial charge is 0.383 e. The number of nitrogens with one attached hydrogen (secondary N) is 1. The molecule has 1 N–H and O–H groups in total. The minimum atomic E-state index is 0.722. The summed E-state index contributed by atoms with van der Waals surface area (Å²) < 4.78 is 12.0. The lowest BCUT2D eigenvalue weighted by Gasteiger charge is -2.39. The van der Waals surface area contributed by atoms with Crippen LogP contribution in [0.5, 0.6) is 0 Å². The number of aromatic amines is 1. The van der Waals surface area contributed by atoms with Crippen molar-refractivity contribution in [3.05, 3.63) is 35.3 Å². The van der Waals surface area contributed by atoms with E-state index in [0.29, 0.717) is 0 Å². The molecule has 2 saturated heterocycles. The monoisotopic (exact) mass is 522 g/mol. The van der Waals surface area contributed by atoms with Crippen molar-refractivity contribution >= 4 is 38.3 Å². The number of benzene rings is 1. The molecule has 2 fully saturated rings. The van der Waals surface area contributed by atoms with E-state index < -0.39 is 0 Å². The molecule has 2 aliphatic rings. The van der Waals surface area contributed by atoms with Gasteiger partial charge >= 0.3 is 0 Å². The fourth-order valence-electron chi connectivity index (χ4n) is 5.14. The summed E-state index contributed by atoms with van der Waals surface area (Å²) in [5, 5.41) is 13.1. The Morgan fingerprint density at radius 3 is 2.76 bits per heavy atom. The first-order valence-electron chi connectivity index (χ1n) is 12.9. The van der Waals surface area contributed by atoms with Gasteiger partial charge in [0.15, 0.2) is 11.6 Å². The summed E-state index contributed by atoms with van der Waals surface area (Å²) in [4.78, 5) is 16.4. The summed E-state index contributed by atoms with van der Waals surface area (Å²) in [5.41, 5.74) is 3.01. The maximum absolute atomic E-state index is 5.63. The lowest BCUT2D eigenvalue weighted by atomic mass is 10.1.